The Hall–Kier alpha value is -1.74. The van der Waals surface area contributed by atoms with Gasteiger partial charge in [-0.15, -0.1) is 0 Å². The molecule has 0 unspecified atom stereocenters. The van der Waals surface area contributed by atoms with Gasteiger partial charge in [0.2, 0.25) is 0 Å². The van der Waals surface area contributed by atoms with Crippen LogP contribution < -0.4 is 15.1 Å². The summed E-state index contributed by atoms with van der Waals surface area (Å²) < 4.78 is 5.59. The summed E-state index contributed by atoms with van der Waals surface area (Å²) in [7, 11) is -0.166. The molecule has 1 N–H and O–H groups in total. The average molecular weight is 286 g/mol. The molecule has 2 aromatic carbocycles. The number of hydrogen-bond donors (Lipinski definition) is 1. The van der Waals surface area contributed by atoms with Crippen LogP contribution in [0.15, 0.2) is 36.4 Å². The summed E-state index contributed by atoms with van der Waals surface area (Å²) in [6.45, 7) is 8.49. The number of hydrogen-bond acceptors (Lipinski definition) is 2. The molecule has 2 rings (SSSR count). The molecule has 0 aliphatic heterocycles. The summed E-state index contributed by atoms with van der Waals surface area (Å²) in [5, 5.41) is 12.7. The van der Waals surface area contributed by atoms with Crippen LogP contribution in [0.5, 0.6) is 11.5 Å². The van der Waals surface area contributed by atoms with Crippen LogP contribution in [0.2, 0.25) is 13.1 Å². The fraction of sp³-hybridized carbons (Fsp3) is 0.294. The zero-order valence-electron chi connectivity index (χ0n) is 12.8. The maximum Gasteiger partial charge on any atom is 0.125 e. The first-order valence-corrected chi connectivity index (χ1v) is 9.82. The van der Waals surface area contributed by atoms with Gasteiger partial charge in [-0.05, 0) is 24.6 Å². The lowest BCUT2D eigenvalue weighted by molar-refractivity contribution is 0.405. The SMILES string of the molecule is COc1c([Si](C)(C)c2ccccc2)cc(C)c(O)c1C. The molecule has 0 aliphatic rings. The van der Waals surface area contributed by atoms with Gasteiger partial charge in [-0.1, -0.05) is 54.7 Å². The van der Waals surface area contributed by atoms with Crippen molar-refractivity contribution >= 4 is 18.4 Å². The molecule has 3 heteroatoms. The lowest BCUT2D eigenvalue weighted by atomic mass is 10.1. The number of ether oxygens (including phenoxy) is 1. The highest BCUT2D eigenvalue weighted by molar-refractivity contribution is 7.01. The molecule has 0 fully saturated rings. The van der Waals surface area contributed by atoms with Crippen LogP contribution in [0.25, 0.3) is 0 Å². The van der Waals surface area contributed by atoms with Crippen LogP contribution in [0.1, 0.15) is 11.1 Å². The van der Waals surface area contributed by atoms with E-state index < -0.39 is 8.07 Å². The standard InChI is InChI=1S/C17H22O2Si/c1-12-11-15(17(19-3)13(2)16(12)18)20(4,5)14-9-7-6-8-10-14/h6-11,18H,1-5H3. The highest BCUT2D eigenvalue weighted by Crippen LogP contribution is 2.30. The second kappa shape index (κ2) is 5.33. The van der Waals surface area contributed by atoms with Crippen LogP contribution in [0.3, 0.4) is 0 Å². The second-order valence-corrected chi connectivity index (χ2v) is 10.1. The highest BCUT2D eigenvalue weighted by Gasteiger charge is 2.31. The van der Waals surface area contributed by atoms with Gasteiger partial charge < -0.3 is 9.84 Å². The Kier molecular flexibility index (Phi) is 3.91. The maximum absolute atomic E-state index is 10.1. The van der Waals surface area contributed by atoms with Crippen molar-refractivity contribution in [3.8, 4) is 11.5 Å². The number of phenols is 1. The molecular weight excluding hydrogens is 264 g/mol. The molecule has 0 saturated carbocycles. The van der Waals surface area contributed by atoms with Crippen LogP contribution >= 0.6 is 0 Å². The third kappa shape index (κ3) is 2.34. The van der Waals surface area contributed by atoms with Gasteiger partial charge in [-0.3, -0.25) is 0 Å². The van der Waals surface area contributed by atoms with Crippen LogP contribution in [-0.2, 0) is 0 Å². The molecule has 0 aliphatic carbocycles. The van der Waals surface area contributed by atoms with E-state index in [9.17, 15) is 5.11 Å². The molecule has 0 amide bonds. The molecule has 0 heterocycles. The Labute approximate surface area is 122 Å². The van der Waals surface area contributed by atoms with Crippen molar-refractivity contribution in [3.63, 3.8) is 0 Å². The second-order valence-electron chi connectivity index (χ2n) is 5.74. The normalized spacial score (nSPS) is 11.4. The number of aromatic hydroxyl groups is 1. The average Bonchev–Trinajstić information content (AvgIpc) is 2.45. The summed E-state index contributed by atoms with van der Waals surface area (Å²) in [6, 6.07) is 12.7. The minimum atomic E-state index is -1.84. The number of aryl methyl sites for hydroxylation is 1. The first-order valence-electron chi connectivity index (χ1n) is 6.82. The van der Waals surface area contributed by atoms with Crippen molar-refractivity contribution in [2.24, 2.45) is 0 Å². The lowest BCUT2D eigenvalue weighted by Gasteiger charge is -2.27. The van der Waals surface area contributed by atoms with Gasteiger partial charge in [-0.25, -0.2) is 0 Å². The zero-order chi connectivity index (χ0) is 14.9. The minimum Gasteiger partial charge on any atom is -0.507 e. The molecule has 0 atom stereocenters. The Bertz CT molecular complexity index is 619. The predicted molar refractivity (Wildman–Crippen MR) is 87.3 cm³/mol. The van der Waals surface area contributed by atoms with Crippen molar-refractivity contribution in [2.75, 3.05) is 7.11 Å². The molecule has 0 spiro atoms. The van der Waals surface area contributed by atoms with Crippen LogP contribution in [0.4, 0.5) is 0 Å². The van der Waals surface area contributed by atoms with Gasteiger partial charge in [0.05, 0.1) is 7.11 Å². The van der Waals surface area contributed by atoms with Gasteiger partial charge >= 0.3 is 0 Å². The quantitative estimate of drug-likeness (QED) is 0.879. The van der Waals surface area contributed by atoms with E-state index >= 15 is 0 Å². The molecule has 0 saturated heterocycles. The van der Waals surface area contributed by atoms with Crippen LogP contribution in [0, 0.1) is 13.8 Å². The van der Waals surface area contributed by atoms with E-state index in [1.165, 1.54) is 10.4 Å². The van der Waals surface area contributed by atoms with Gasteiger partial charge in [0.1, 0.15) is 19.6 Å². The van der Waals surface area contributed by atoms with E-state index in [0.717, 1.165) is 16.9 Å². The Morgan fingerprint density at radius 1 is 1.05 bits per heavy atom. The van der Waals surface area contributed by atoms with Gasteiger partial charge in [0.25, 0.3) is 0 Å². The number of benzene rings is 2. The summed E-state index contributed by atoms with van der Waals surface area (Å²) in [6.07, 6.45) is 0. The molecule has 2 nitrogen and oxygen atoms in total. The van der Waals surface area contributed by atoms with E-state index in [-0.39, 0.29) is 0 Å². The molecule has 20 heavy (non-hydrogen) atoms. The Balaban J connectivity index is 2.69. The zero-order valence-corrected chi connectivity index (χ0v) is 13.8. The fourth-order valence-electron chi connectivity index (χ4n) is 2.69. The highest BCUT2D eigenvalue weighted by atomic mass is 28.3. The van der Waals surface area contributed by atoms with Crippen molar-refractivity contribution in [1.29, 1.82) is 0 Å². The van der Waals surface area contributed by atoms with Gasteiger partial charge in [0.15, 0.2) is 0 Å². The van der Waals surface area contributed by atoms with Crippen molar-refractivity contribution in [3.05, 3.63) is 47.5 Å². The largest absolute Gasteiger partial charge is 0.507 e. The van der Waals surface area contributed by atoms with Gasteiger partial charge in [-0.2, -0.15) is 0 Å². The first-order chi connectivity index (χ1) is 9.39. The molecule has 0 radical (unpaired) electrons. The summed E-state index contributed by atoms with van der Waals surface area (Å²) in [5.74, 6) is 1.16. The Morgan fingerprint density at radius 3 is 2.20 bits per heavy atom. The van der Waals surface area contributed by atoms with Crippen molar-refractivity contribution in [2.45, 2.75) is 26.9 Å². The summed E-state index contributed by atoms with van der Waals surface area (Å²) in [4.78, 5) is 0. The third-order valence-corrected chi connectivity index (χ3v) is 7.54. The number of methoxy groups -OCH3 is 1. The molecular formula is C17H22O2Si. The lowest BCUT2D eigenvalue weighted by Crippen LogP contribution is -2.53. The molecule has 0 bridgehead atoms. The van der Waals surface area contributed by atoms with E-state index in [4.69, 9.17) is 4.74 Å². The van der Waals surface area contributed by atoms with E-state index in [0.29, 0.717) is 5.75 Å². The topological polar surface area (TPSA) is 29.5 Å². The molecule has 0 aromatic heterocycles. The third-order valence-electron chi connectivity index (χ3n) is 4.05. The van der Waals surface area contributed by atoms with Gasteiger partial charge in [0, 0.05) is 5.56 Å². The van der Waals surface area contributed by atoms with Crippen LogP contribution in [-0.4, -0.2) is 20.3 Å². The van der Waals surface area contributed by atoms with E-state index in [2.05, 4.69) is 43.4 Å². The smallest absolute Gasteiger partial charge is 0.125 e. The minimum absolute atomic E-state index is 0.337. The first kappa shape index (κ1) is 14.7. The Morgan fingerprint density at radius 2 is 1.65 bits per heavy atom. The number of phenolic OH excluding ortho intramolecular Hbond substituents is 1. The van der Waals surface area contributed by atoms with Crippen molar-refractivity contribution < 1.29 is 9.84 Å². The summed E-state index contributed by atoms with van der Waals surface area (Å²) in [5.41, 5.74) is 1.74. The molecule has 106 valence electrons. The number of rotatable bonds is 3. The van der Waals surface area contributed by atoms with E-state index in [1.807, 2.05) is 19.9 Å². The van der Waals surface area contributed by atoms with Crippen molar-refractivity contribution in [1.82, 2.24) is 0 Å². The fourth-order valence-corrected chi connectivity index (χ4v) is 5.46. The maximum atomic E-state index is 10.1. The monoisotopic (exact) mass is 286 g/mol. The van der Waals surface area contributed by atoms with E-state index in [1.54, 1.807) is 7.11 Å². The predicted octanol–water partition coefficient (Wildman–Crippen LogP) is 2.84. The molecule has 2 aromatic rings. The summed E-state index contributed by atoms with van der Waals surface area (Å²) >= 11 is 0.